The van der Waals surface area contributed by atoms with Crippen LogP contribution in [-0.4, -0.2) is 80.6 Å². The zero-order chi connectivity index (χ0) is 35.4. The Bertz CT molecular complexity index is 1390. The third kappa shape index (κ3) is 11.2. The molecule has 1 aromatic carbocycles. The maximum absolute atomic E-state index is 13.7. The Hall–Kier alpha value is -3.67. The minimum Gasteiger partial charge on any atom is -0.459 e. The standard InChI is InChI=1S/C32H43IN6O8S/c1-19(2)26(37-23(40)7-5-4-6-16-39-24(41)12-13-25(39)42)28(43)38-32(17-21(32)14-15-35-31(34)46)30(45)36-22-10-8-20(9-11-22)18-47-29(44)27(33)48-3/h8-13,19,21,26-27H,4-7,14-18H2,1-3H3,(H,36,45)(H,37,40)(H,38,43)(H3,34,35,46)/t21-,26+,27?,32?/m0/s1. The molecule has 16 heteroatoms. The summed E-state index contributed by atoms with van der Waals surface area (Å²) in [6.07, 6.45) is 6.80. The lowest BCUT2D eigenvalue weighted by molar-refractivity contribution is -0.142. The van der Waals surface area contributed by atoms with Crippen LogP contribution in [0.4, 0.5) is 10.5 Å². The number of nitrogens with one attached hydrogen (secondary N) is 4. The van der Waals surface area contributed by atoms with Crippen molar-refractivity contribution in [2.24, 2.45) is 17.6 Å². The number of ether oxygens (including phenoxy) is 1. The van der Waals surface area contributed by atoms with E-state index >= 15 is 0 Å². The van der Waals surface area contributed by atoms with Crippen LogP contribution < -0.4 is 27.0 Å². The number of esters is 1. The summed E-state index contributed by atoms with van der Waals surface area (Å²) in [5.41, 5.74) is 5.14. The normalized spacial score (nSPS) is 19.4. The molecule has 1 aliphatic heterocycles. The molecule has 2 unspecified atom stereocenters. The number of rotatable bonds is 19. The third-order valence-corrected chi connectivity index (χ3v) is 10.7. The molecule has 7 amide bonds. The Kier molecular flexibility index (Phi) is 14.7. The maximum Gasteiger partial charge on any atom is 0.329 e. The molecule has 0 bridgehead atoms. The van der Waals surface area contributed by atoms with E-state index in [1.54, 1.807) is 38.1 Å². The number of primary amides is 1. The Labute approximate surface area is 297 Å². The average molecular weight is 799 g/mol. The predicted molar refractivity (Wildman–Crippen MR) is 188 cm³/mol. The Morgan fingerprint density at radius 1 is 1.06 bits per heavy atom. The number of thioether (sulfide) groups is 1. The zero-order valence-corrected chi connectivity index (χ0v) is 30.2. The van der Waals surface area contributed by atoms with Gasteiger partial charge in [-0.25, -0.2) is 9.59 Å². The number of urea groups is 1. The van der Waals surface area contributed by atoms with Crippen LogP contribution in [0.2, 0.25) is 0 Å². The number of imide groups is 1. The first-order valence-electron chi connectivity index (χ1n) is 15.7. The van der Waals surface area contributed by atoms with Crippen LogP contribution in [-0.2, 0) is 40.1 Å². The first-order chi connectivity index (χ1) is 22.8. The lowest BCUT2D eigenvalue weighted by Gasteiger charge is -2.26. The van der Waals surface area contributed by atoms with Gasteiger partial charge in [0, 0.05) is 37.3 Å². The van der Waals surface area contributed by atoms with Gasteiger partial charge in [-0.2, -0.15) is 0 Å². The number of benzene rings is 1. The SMILES string of the molecule is CSC(I)C(=O)OCc1ccc(NC(=O)C2(NC(=O)[C@H](NC(=O)CCCCCN3C(=O)C=CC3=O)C(C)C)C[C@@H]2CCNC(N)=O)cc1. The maximum atomic E-state index is 13.7. The fourth-order valence-electron chi connectivity index (χ4n) is 5.24. The van der Waals surface area contributed by atoms with Gasteiger partial charge in [0.15, 0.2) is 3.26 Å². The summed E-state index contributed by atoms with van der Waals surface area (Å²) in [7, 11) is 0. The first-order valence-corrected chi connectivity index (χ1v) is 18.2. The molecule has 0 saturated heterocycles. The summed E-state index contributed by atoms with van der Waals surface area (Å²) >= 11 is 3.37. The lowest BCUT2D eigenvalue weighted by Crippen LogP contribution is -2.56. The predicted octanol–water partition coefficient (Wildman–Crippen LogP) is 2.35. The van der Waals surface area contributed by atoms with Crippen molar-refractivity contribution in [3.8, 4) is 0 Å². The number of unbranched alkanes of at least 4 members (excludes halogenated alkanes) is 2. The second kappa shape index (κ2) is 18.2. The second-order valence-electron chi connectivity index (χ2n) is 12.0. The van der Waals surface area contributed by atoms with Crippen molar-refractivity contribution in [2.75, 3.05) is 24.7 Å². The molecular weight excluding hydrogens is 755 g/mol. The monoisotopic (exact) mass is 798 g/mol. The molecule has 1 saturated carbocycles. The number of amides is 7. The van der Waals surface area contributed by atoms with E-state index in [-0.39, 0.29) is 64.9 Å². The minimum absolute atomic E-state index is 0.0860. The summed E-state index contributed by atoms with van der Waals surface area (Å²) in [5.74, 6) is -2.87. The Balaban J connectivity index is 1.58. The van der Waals surface area contributed by atoms with E-state index < -0.39 is 29.4 Å². The highest BCUT2D eigenvalue weighted by molar-refractivity contribution is 14.1. The molecular formula is C32H43IN6O8S. The van der Waals surface area contributed by atoms with Crippen molar-refractivity contribution in [3.05, 3.63) is 42.0 Å². The van der Waals surface area contributed by atoms with Gasteiger partial charge < -0.3 is 31.7 Å². The highest BCUT2D eigenvalue weighted by atomic mass is 127. The quantitative estimate of drug-likeness (QED) is 0.0458. The van der Waals surface area contributed by atoms with Crippen LogP contribution in [0, 0.1) is 11.8 Å². The molecule has 0 spiro atoms. The Morgan fingerprint density at radius 3 is 2.33 bits per heavy atom. The van der Waals surface area contributed by atoms with Crippen LogP contribution in [0.3, 0.4) is 0 Å². The molecule has 2 aliphatic rings. The number of anilines is 1. The highest BCUT2D eigenvalue weighted by Gasteiger charge is 2.61. The van der Waals surface area contributed by atoms with Crippen molar-refractivity contribution in [2.45, 2.75) is 73.8 Å². The number of halogens is 1. The van der Waals surface area contributed by atoms with Crippen LogP contribution >= 0.6 is 34.4 Å². The molecule has 1 heterocycles. The molecule has 48 heavy (non-hydrogen) atoms. The summed E-state index contributed by atoms with van der Waals surface area (Å²) in [6.45, 7) is 4.16. The van der Waals surface area contributed by atoms with Crippen molar-refractivity contribution in [1.82, 2.24) is 20.9 Å². The number of carbonyl (C=O) groups is 7. The molecule has 1 fully saturated rings. The third-order valence-electron chi connectivity index (χ3n) is 8.09. The highest BCUT2D eigenvalue weighted by Crippen LogP contribution is 2.46. The number of carbonyl (C=O) groups excluding carboxylic acids is 7. The number of hydrogen-bond donors (Lipinski definition) is 5. The van der Waals surface area contributed by atoms with Gasteiger partial charge in [-0.15, -0.1) is 11.8 Å². The summed E-state index contributed by atoms with van der Waals surface area (Å²) < 4.78 is 5.00. The Morgan fingerprint density at radius 2 is 1.73 bits per heavy atom. The summed E-state index contributed by atoms with van der Waals surface area (Å²) in [6, 6.07) is 5.20. The molecule has 4 atom stereocenters. The van der Waals surface area contributed by atoms with E-state index in [9.17, 15) is 33.6 Å². The first kappa shape index (κ1) is 38.8. The van der Waals surface area contributed by atoms with Crippen LogP contribution in [0.5, 0.6) is 0 Å². The van der Waals surface area contributed by atoms with Gasteiger partial charge in [-0.05, 0) is 61.5 Å². The number of alkyl halides is 1. The average Bonchev–Trinajstić information content (AvgIpc) is 3.65. The fourth-order valence-corrected chi connectivity index (χ4v) is 5.68. The van der Waals surface area contributed by atoms with Gasteiger partial charge >= 0.3 is 12.0 Å². The van der Waals surface area contributed by atoms with Crippen LogP contribution in [0.15, 0.2) is 36.4 Å². The van der Waals surface area contributed by atoms with Crippen LogP contribution in [0.1, 0.15) is 57.9 Å². The van der Waals surface area contributed by atoms with E-state index in [2.05, 4.69) is 21.3 Å². The molecule has 0 radical (unpaired) electrons. The van der Waals surface area contributed by atoms with E-state index in [4.69, 9.17) is 10.5 Å². The second-order valence-corrected chi connectivity index (χ2v) is 15.0. The molecule has 262 valence electrons. The smallest absolute Gasteiger partial charge is 0.329 e. The zero-order valence-electron chi connectivity index (χ0n) is 27.2. The van der Waals surface area contributed by atoms with Gasteiger partial charge in [-0.3, -0.25) is 28.9 Å². The lowest BCUT2D eigenvalue weighted by atomic mass is 10.0. The topological polar surface area (TPSA) is 206 Å². The molecule has 3 rings (SSSR count). The minimum atomic E-state index is -1.27. The van der Waals surface area contributed by atoms with E-state index in [0.29, 0.717) is 37.8 Å². The number of hydrogen-bond acceptors (Lipinski definition) is 9. The fraction of sp³-hybridized carbons (Fsp3) is 0.531. The van der Waals surface area contributed by atoms with Crippen molar-refractivity contribution in [3.63, 3.8) is 0 Å². The van der Waals surface area contributed by atoms with Crippen molar-refractivity contribution >= 4 is 81.6 Å². The van der Waals surface area contributed by atoms with Crippen molar-refractivity contribution in [1.29, 1.82) is 0 Å². The number of nitrogens with zero attached hydrogens (tertiary/aromatic N) is 1. The van der Waals surface area contributed by atoms with E-state index in [1.807, 2.05) is 28.8 Å². The summed E-state index contributed by atoms with van der Waals surface area (Å²) in [5, 5.41) is 11.0. The molecule has 1 aromatic rings. The largest absolute Gasteiger partial charge is 0.459 e. The van der Waals surface area contributed by atoms with Gasteiger partial charge in [0.25, 0.3) is 11.8 Å². The van der Waals surface area contributed by atoms with Gasteiger partial charge in [0.05, 0.1) is 0 Å². The molecule has 6 N–H and O–H groups in total. The van der Waals surface area contributed by atoms with Gasteiger partial charge in [0.1, 0.15) is 18.2 Å². The molecule has 0 aromatic heterocycles. The van der Waals surface area contributed by atoms with Gasteiger partial charge in [0.2, 0.25) is 17.7 Å². The van der Waals surface area contributed by atoms with Gasteiger partial charge in [-0.1, -0.05) is 55.0 Å². The van der Waals surface area contributed by atoms with E-state index in [1.165, 1.54) is 23.9 Å². The van der Waals surface area contributed by atoms with E-state index in [0.717, 1.165) is 10.5 Å². The van der Waals surface area contributed by atoms with Crippen LogP contribution in [0.25, 0.3) is 0 Å². The van der Waals surface area contributed by atoms with Crippen molar-refractivity contribution < 1.29 is 38.3 Å². The summed E-state index contributed by atoms with van der Waals surface area (Å²) in [4.78, 5) is 87.7. The molecule has 14 nitrogen and oxygen atoms in total. The number of nitrogens with two attached hydrogens (primary N) is 1. The molecule has 1 aliphatic carbocycles.